The molecule has 12 heteroatoms. The number of nitrogens with one attached hydrogen (secondary N) is 1. The van der Waals surface area contributed by atoms with Crippen molar-refractivity contribution in [2.24, 2.45) is 7.05 Å². The second kappa shape index (κ2) is 10.7. The normalized spacial score (nSPS) is 10.8. The first-order valence-electron chi connectivity index (χ1n) is 12.0. The molecular weight excluding hydrogens is 552 g/mol. The van der Waals surface area contributed by atoms with E-state index in [-0.39, 0.29) is 39.8 Å². The van der Waals surface area contributed by atoms with Gasteiger partial charge < -0.3 is 20.4 Å². The Labute approximate surface area is 237 Å². The first kappa shape index (κ1) is 27.2. The van der Waals surface area contributed by atoms with Crippen molar-refractivity contribution in [2.75, 3.05) is 11.1 Å². The lowest BCUT2D eigenvalue weighted by atomic mass is 9.97. The summed E-state index contributed by atoms with van der Waals surface area (Å²) in [5.41, 5.74) is 9.67. The minimum Gasteiger partial charge on any atom is -0.420 e. The van der Waals surface area contributed by atoms with Crippen LogP contribution in [0.4, 0.5) is 20.3 Å². The molecule has 2 aromatic carbocycles. The number of aromatic nitrogens is 4. The summed E-state index contributed by atoms with van der Waals surface area (Å²) in [5, 5.41) is 12.8. The molecule has 41 heavy (non-hydrogen) atoms. The summed E-state index contributed by atoms with van der Waals surface area (Å²) in [5.74, 6) is -2.07. The van der Waals surface area contributed by atoms with Gasteiger partial charge in [-0.25, -0.2) is 18.7 Å². The van der Waals surface area contributed by atoms with Gasteiger partial charge in [-0.15, -0.1) is 0 Å². The Morgan fingerprint density at radius 1 is 1.17 bits per heavy atom. The summed E-state index contributed by atoms with van der Waals surface area (Å²) >= 11 is 6.49. The van der Waals surface area contributed by atoms with Crippen LogP contribution in [-0.4, -0.2) is 25.4 Å². The maximum atomic E-state index is 15.6. The van der Waals surface area contributed by atoms with Crippen LogP contribution in [0.3, 0.4) is 0 Å². The predicted molar refractivity (Wildman–Crippen MR) is 151 cm³/mol. The molecule has 9 nitrogen and oxygen atoms in total. The number of anilines is 2. The number of carbonyl (C=O) groups excluding carboxylic acids is 1. The summed E-state index contributed by atoms with van der Waals surface area (Å²) in [6, 6.07) is 11.4. The van der Waals surface area contributed by atoms with Gasteiger partial charge >= 0.3 is 6.01 Å². The van der Waals surface area contributed by atoms with Crippen molar-refractivity contribution in [1.82, 2.24) is 19.5 Å². The summed E-state index contributed by atoms with van der Waals surface area (Å²) < 4.78 is 36.4. The van der Waals surface area contributed by atoms with E-state index in [4.69, 9.17) is 22.1 Å². The molecule has 0 atom stereocenters. The number of nitrogen functional groups attached to an aromatic ring is 1. The molecule has 3 aromatic heterocycles. The topological polar surface area (TPSA) is 132 Å². The molecule has 0 saturated heterocycles. The minimum absolute atomic E-state index is 0.0231. The lowest BCUT2D eigenvalue weighted by Gasteiger charge is -2.13. The average molecular weight is 572 g/mol. The fourth-order valence-corrected chi connectivity index (χ4v) is 4.73. The van der Waals surface area contributed by atoms with Gasteiger partial charge in [-0.3, -0.25) is 4.79 Å². The number of fused-ring (bicyclic) bond motifs is 1. The molecular formula is C29H20ClF2N7O2. The van der Waals surface area contributed by atoms with Crippen molar-refractivity contribution < 1.29 is 18.3 Å². The number of halogens is 3. The molecule has 1 amide bonds. The Balaban J connectivity index is 1.71. The Morgan fingerprint density at radius 2 is 1.90 bits per heavy atom. The highest BCUT2D eigenvalue weighted by Crippen LogP contribution is 2.45. The van der Waals surface area contributed by atoms with Crippen molar-refractivity contribution in [3.8, 4) is 40.2 Å². The van der Waals surface area contributed by atoms with E-state index in [1.807, 2.05) is 0 Å². The van der Waals surface area contributed by atoms with Gasteiger partial charge in [-0.05, 0) is 48.4 Å². The molecule has 5 rings (SSSR count). The van der Waals surface area contributed by atoms with E-state index in [1.165, 1.54) is 25.3 Å². The van der Waals surface area contributed by atoms with Crippen LogP contribution < -0.4 is 15.8 Å². The highest BCUT2D eigenvalue weighted by molar-refractivity contribution is 6.32. The molecule has 0 saturated carbocycles. The Bertz CT molecular complexity index is 1890. The smallest absolute Gasteiger partial charge is 0.322 e. The van der Waals surface area contributed by atoms with Crippen molar-refractivity contribution in [3.63, 3.8) is 0 Å². The lowest BCUT2D eigenvalue weighted by Crippen LogP contribution is -2.06. The number of benzene rings is 2. The van der Waals surface area contributed by atoms with Crippen LogP contribution >= 0.6 is 11.6 Å². The number of nitrogens with two attached hydrogens (primary N) is 1. The molecule has 0 unspecified atom stereocenters. The van der Waals surface area contributed by atoms with E-state index in [0.717, 1.165) is 12.3 Å². The maximum Gasteiger partial charge on any atom is 0.322 e. The number of aryl methyl sites for hydroxylation is 2. The van der Waals surface area contributed by atoms with E-state index in [0.29, 0.717) is 39.0 Å². The molecule has 5 aromatic rings. The van der Waals surface area contributed by atoms with Gasteiger partial charge in [0.05, 0.1) is 39.1 Å². The Kier molecular flexibility index (Phi) is 7.09. The van der Waals surface area contributed by atoms with Crippen molar-refractivity contribution in [2.45, 2.75) is 6.92 Å². The standard InChI is InChI=1S/C29H20ClF2N7O2/c1-4-22(40)38-18-7-5-15(6-8-18)25-23(24-26(39(25)3)17(11-33)12-35-28(24)34)16-9-19(30)27(20(31)10-16)41-29-36-13-21(32)14(2)37-29/h4-10,12-13H,1H2,2-3H3,(H2,34,35)(H,38,40). The molecule has 3 N–H and O–H groups in total. The summed E-state index contributed by atoms with van der Waals surface area (Å²) in [7, 11) is 1.75. The fourth-order valence-electron chi connectivity index (χ4n) is 4.49. The summed E-state index contributed by atoms with van der Waals surface area (Å²) in [6.07, 6.45) is 3.44. The van der Waals surface area contributed by atoms with Crippen molar-refractivity contribution in [1.29, 1.82) is 5.26 Å². The van der Waals surface area contributed by atoms with Gasteiger partial charge in [-0.2, -0.15) is 10.2 Å². The lowest BCUT2D eigenvalue weighted by molar-refractivity contribution is -0.111. The van der Waals surface area contributed by atoms with Crippen LogP contribution in [0.15, 0.2) is 61.4 Å². The van der Waals surface area contributed by atoms with E-state index < -0.39 is 11.6 Å². The highest BCUT2D eigenvalue weighted by atomic mass is 35.5. The van der Waals surface area contributed by atoms with Crippen LogP contribution in [0.5, 0.6) is 11.8 Å². The van der Waals surface area contributed by atoms with Gasteiger partial charge in [0.25, 0.3) is 0 Å². The third-order valence-electron chi connectivity index (χ3n) is 6.35. The number of ether oxygens (including phenoxy) is 1. The third kappa shape index (κ3) is 4.92. The first-order valence-corrected chi connectivity index (χ1v) is 12.4. The number of rotatable bonds is 6. The van der Waals surface area contributed by atoms with Gasteiger partial charge in [0.15, 0.2) is 17.4 Å². The SMILES string of the molecule is C=CC(=O)Nc1ccc(-c2c(-c3cc(F)c(Oc4ncc(F)c(C)n4)c(Cl)c3)c3c(N)ncc(C#N)c3n2C)cc1. The maximum absolute atomic E-state index is 15.6. The number of amides is 1. The number of nitrogens with zero attached hydrogens (tertiary/aromatic N) is 5. The van der Waals surface area contributed by atoms with Gasteiger partial charge in [0.1, 0.15) is 11.9 Å². The zero-order chi connectivity index (χ0) is 29.4. The molecule has 0 aliphatic carbocycles. The number of hydrogen-bond donors (Lipinski definition) is 2. The quantitative estimate of drug-likeness (QED) is 0.228. The summed E-state index contributed by atoms with van der Waals surface area (Å²) in [6.45, 7) is 4.86. The molecule has 0 bridgehead atoms. The molecule has 0 spiro atoms. The van der Waals surface area contributed by atoms with Gasteiger partial charge in [0, 0.05) is 24.5 Å². The third-order valence-corrected chi connectivity index (χ3v) is 6.63. The van der Waals surface area contributed by atoms with Crippen LogP contribution in [-0.2, 0) is 11.8 Å². The molecule has 0 aliphatic heterocycles. The molecule has 0 fully saturated rings. The van der Waals surface area contributed by atoms with E-state index in [9.17, 15) is 14.4 Å². The number of nitriles is 1. The summed E-state index contributed by atoms with van der Waals surface area (Å²) in [4.78, 5) is 23.5. The van der Waals surface area contributed by atoms with E-state index in [1.54, 1.807) is 35.9 Å². The molecule has 0 aliphatic rings. The minimum atomic E-state index is -0.841. The van der Waals surface area contributed by atoms with Gasteiger partial charge in [-0.1, -0.05) is 30.3 Å². The number of pyridine rings is 1. The van der Waals surface area contributed by atoms with Crippen molar-refractivity contribution in [3.05, 3.63) is 89.4 Å². The fraction of sp³-hybridized carbons (Fsp3) is 0.0690. The molecule has 3 heterocycles. The highest BCUT2D eigenvalue weighted by Gasteiger charge is 2.25. The van der Waals surface area contributed by atoms with Gasteiger partial charge in [0.2, 0.25) is 5.91 Å². The Morgan fingerprint density at radius 3 is 2.54 bits per heavy atom. The zero-order valence-electron chi connectivity index (χ0n) is 21.7. The largest absolute Gasteiger partial charge is 0.420 e. The monoisotopic (exact) mass is 571 g/mol. The Hall–Kier alpha value is -5.34. The molecule has 0 radical (unpaired) electrons. The first-order chi connectivity index (χ1) is 19.6. The van der Waals surface area contributed by atoms with E-state index in [2.05, 4.69) is 32.9 Å². The van der Waals surface area contributed by atoms with Crippen LogP contribution in [0.2, 0.25) is 5.02 Å². The van der Waals surface area contributed by atoms with Crippen LogP contribution in [0.1, 0.15) is 11.3 Å². The van der Waals surface area contributed by atoms with Crippen LogP contribution in [0, 0.1) is 29.9 Å². The second-order valence-corrected chi connectivity index (χ2v) is 9.31. The predicted octanol–water partition coefficient (Wildman–Crippen LogP) is 6.31. The zero-order valence-corrected chi connectivity index (χ0v) is 22.4. The second-order valence-electron chi connectivity index (χ2n) is 8.90. The average Bonchev–Trinajstić information content (AvgIpc) is 3.27. The van der Waals surface area contributed by atoms with Crippen molar-refractivity contribution >= 4 is 39.9 Å². The number of hydrogen-bond acceptors (Lipinski definition) is 7. The number of carbonyl (C=O) groups is 1. The van der Waals surface area contributed by atoms with Crippen LogP contribution in [0.25, 0.3) is 33.3 Å². The van der Waals surface area contributed by atoms with E-state index >= 15 is 4.39 Å². The molecule has 204 valence electrons.